The third-order valence-electron chi connectivity index (χ3n) is 3.28. The summed E-state index contributed by atoms with van der Waals surface area (Å²) in [6.07, 6.45) is 0.772. The number of hydrogen-bond donors (Lipinski definition) is 0. The summed E-state index contributed by atoms with van der Waals surface area (Å²) in [7, 11) is 0. The van der Waals surface area contributed by atoms with Crippen LogP contribution in [0.5, 0.6) is 5.75 Å². The van der Waals surface area contributed by atoms with E-state index < -0.39 is 0 Å². The lowest BCUT2D eigenvalue weighted by atomic mass is 10.0. The van der Waals surface area contributed by atoms with Gasteiger partial charge in [0, 0.05) is 5.02 Å². The van der Waals surface area contributed by atoms with Crippen molar-refractivity contribution >= 4 is 29.2 Å². The quantitative estimate of drug-likeness (QED) is 0.611. The Labute approximate surface area is 133 Å². The topological polar surface area (TPSA) is 35.5 Å². The largest absolute Gasteiger partial charge is 0.485 e. The van der Waals surface area contributed by atoms with Crippen LogP contribution in [0, 0.1) is 0 Å². The zero-order valence-electron chi connectivity index (χ0n) is 11.7. The number of carbonyl (C=O) groups excluding carboxylic acids is 1. The van der Waals surface area contributed by atoms with Gasteiger partial charge < -0.3 is 9.47 Å². The maximum absolute atomic E-state index is 11.7. The summed E-state index contributed by atoms with van der Waals surface area (Å²) in [4.78, 5) is 11.7. The van der Waals surface area contributed by atoms with E-state index in [4.69, 9.17) is 21.1 Å². The van der Waals surface area contributed by atoms with Crippen molar-refractivity contribution in [3.63, 3.8) is 0 Å². The number of fused-ring (bicyclic) bond motifs is 1. The molecule has 110 valence electrons. The summed E-state index contributed by atoms with van der Waals surface area (Å²) in [6.45, 7) is 4.06. The van der Waals surface area contributed by atoms with Crippen LogP contribution in [0.2, 0.25) is 5.02 Å². The number of hydrogen-bond acceptors (Lipinski definition) is 3. The van der Waals surface area contributed by atoms with E-state index in [-0.39, 0.29) is 6.61 Å². The van der Waals surface area contributed by atoms with Crippen LogP contribution >= 0.6 is 11.6 Å². The molecule has 2 aromatic carbocycles. The fourth-order valence-electron chi connectivity index (χ4n) is 2.25. The maximum atomic E-state index is 11.7. The van der Waals surface area contributed by atoms with Crippen molar-refractivity contribution in [2.75, 3.05) is 6.61 Å². The molecule has 2 aromatic rings. The minimum absolute atomic E-state index is 0.243. The third kappa shape index (κ3) is 2.76. The lowest BCUT2D eigenvalue weighted by Gasteiger charge is -2.12. The number of allylic oxidation sites excluding steroid dienone is 1. The van der Waals surface area contributed by atoms with Gasteiger partial charge in [-0.05, 0) is 29.8 Å². The Balaban J connectivity index is 2.22. The number of halogens is 1. The molecule has 0 radical (unpaired) electrons. The Kier molecular flexibility index (Phi) is 3.98. The Morgan fingerprint density at radius 2 is 1.86 bits per heavy atom. The first-order valence-electron chi connectivity index (χ1n) is 6.72. The van der Waals surface area contributed by atoms with E-state index in [1.54, 1.807) is 24.3 Å². The SMILES string of the molecule is C=C1COc2ccccc2/C(=C(/C=O)c2ccc(Cl)cc2)O1. The Morgan fingerprint density at radius 1 is 1.14 bits per heavy atom. The molecule has 0 aliphatic carbocycles. The van der Waals surface area contributed by atoms with E-state index >= 15 is 0 Å². The molecule has 0 spiro atoms. The van der Waals surface area contributed by atoms with Crippen LogP contribution in [0.25, 0.3) is 11.3 Å². The van der Waals surface area contributed by atoms with Gasteiger partial charge in [-0.2, -0.15) is 0 Å². The van der Waals surface area contributed by atoms with Crippen molar-refractivity contribution < 1.29 is 14.3 Å². The average Bonchev–Trinajstić information content (AvgIpc) is 2.70. The van der Waals surface area contributed by atoms with Gasteiger partial charge in [-0.25, -0.2) is 0 Å². The lowest BCUT2D eigenvalue weighted by Crippen LogP contribution is -1.99. The van der Waals surface area contributed by atoms with Gasteiger partial charge >= 0.3 is 0 Å². The van der Waals surface area contributed by atoms with E-state index in [0.29, 0.717) is 27.9 Å². The van der Waals surface area contributed by atoms with Gasteiger partial charge in [0.2, 0.25) is 0 Å². The molecule has 1 aliphatic heterocycles. The summed E-state index contributed by atoms with van der Waals surface area (Å²) in [5, 5.41) is 0.605. The fourth-order valence-corrected chi connectivity index (χ4v) is 2.38. The van der Waals surface area contributed by atoms with Crippen molar-refractivity contribution in [2.45, 2.75) is 0 Å². The van der Waals surface area contributed by atoms with E-state index in [1.807, 2.05) is 24.3 Å². The Hall–Kier alpha value is -2.52. The van der Waals surface area contributed by atoms with Gasteiger partial charge in [0.1, 0.15) is 23.9 Å². The number of aldehydes is 1. The minimum atomic E-state index is 0.243. The molecule has 0 atom stereocenters. The molecule has 0 bridgehead atoms. The van der Waals surface area contributed by atoms with Gasteiger partial charge in [0.05, 0.1) is 11.1 Å². The summed E-state index contributed by atoms with van der Waals surface area (Å²) >= 11 is 5.91. The zero-order valence-corrected chi connectivity index (χ0v) is 12.5. The van der Waals surface area contributed by atoms with Gasteiger partial charge in [0.25, 0.3) is 0 Å². The van der Waals surface area contributed by atoms with E-state index in [2.05, 4.69) is 6.58 Å². The van der Waals surface area contributed by atoms with Crippen LogP contribution in [-0.4, -0.2) is 12.9 Å². The maximum Gasteiger partial charge on any atom is 0.154 e. The first-order chi connectivity index (χ1) is 10.7. The highest BCUT2D eigenvalue weighted by atomic mass is 35.5. The van der Waals surface area contributed by atoms with E-state index in [9.17, 15) is 4.79 Å². The van der Waals surface area contributed by atoms with Crippen LogP contribution in [0.4, 0.5) is 0 Å². The average molecular weight is 313 g/mol. The second-order valence-electron chi connectivity index (χ2n) is 4.79. The standard InChI is InChI=1S/C18H13ClO3/c1-12-11-21-17-5-3-2-4-15(17)18(22-12)16(10-20)13-6-8-14(19)9-7-13/h2-10H,1,11H2/b18-16+. The van der Waals surface area contributed by atoms with Crippen molar-refractivity contribution in [3.05, 3.63) is 77.0 Å². The molecule has 3 rings (SSSR count). The molecule has 0 aromatic heterocycles. The molecule has 0 amide bonds. The fraction of sp³-hybridized carbons (Fsp3) is 0.0556. The molecule has 0 fully saturated rings. The molecular formula is C18H13ClO3. The lowest BCUT2D eigenvalue weighted by molar-refractivity contribution is -0.103. The number of rotatable bonds is 2. The summed E-state index contributed by atoms with van der Waals surface area (Å²) in [5.41, 5.74) is 1.87. The molecular weight excluding hydrogens is 300 g/mol. The van der Waals surface area contributed by atoms with Crippen LogP contribution in [0.3, 0.4) is 0 Å². The van der Waals surface area contributed by atoms with Gasteiger partial charge in [0.15, 0.2) is 6.29 Å². The molecule has 0 N–H and O–H groups in total. The smallest absolute Gasteiger partial charge is 0.154 e. The summed E-state index contributed by atoms with van der Waals surface area (Å²) in [6, 6.07) is 14.4. The molecule has 0 saturated heterocycles. The predicted molar refractivity (Wildman–Crippen MR) is 86.5 cm³/mol. The highest BCUT2D eigenvalue weighted by molar-refractivity contribution is 6.30. The van der Waals surface area contributed by atoms with Crippen LogP contribution in [0.15, 0.2) is 60.9 Å². The van der Waals surface area contributed by atoms with Crippen LogP contribution in [-0.2, 0) is 9.53 Å². The molecule has 1 heterocycles. The predicted octanol–water partition coefficient (Wildman–Crippen LogP) is 4.33. The monoisotopic (exact) mass is 312 g/mol. The first kappa shape index (κ1) is 14.4. The molecule has 22 heavy (non-hydrogen) atoms. The number of carbonyl (C=O) groups is 1. The van der Waals surface area contributed by atoms with E-state index in [1.165, 1.54) is 0 Å². The zero-order chi connectivity index (χ0) is 15.5. The van der Waals surface area contributed by atoms with Gasteiger partial charge in [-0.15, -0.1) is 0 Å². The molecule has 4 heteroatoms. The van der Waals surface area contributed by atoms with Crippen molar-refractivity contribution in [2.24, 2.45) is 0 Å². The Morgan fingerprint density at radius 3 is 2.59 bits per heavy atom. The third-order valence-corrected chi connectivity index (χ3v) is 3.54. The van der Waals surface area contributed by atoms with Crippen LogP contribution < -0.4 is 4.74 Å². The van der Waals surface area contributed by atoms with Crippen molar-refractivity contribution in [1.29, 1.82) is 0 Å². The molecule has 1 aliphatic rings. The number of benzene rings is 2. The van der Waals surface area contributed by atoms with Gasteiger partial charge in [-0.3, -0.25) is 4.79 Å². The second kappa shape index (κ2) is 6.08. The normalized spacial score (nSPS) is 16.0. The van der Waals surface area contributed by atoms with Crippen LogP contribution in [0.1, 0.15) is 11.1 Å². The number of ether oxygens (including phenoxy) is 2. The van der Waals surface area contributed by atoms with Crippen molar-refractivity contribution in [1.82, 2.24) is 0 Å². The highest BCUT2D eigenvalue weighted by Gasteiger charge is 2.21. The first-order valence-corrected chi connectivity index (χ1v) is 7.10. The summed E-state index contributed by atoms with van der Waals surface area (Å²) in [5.74, 6) is 1.54. The van der Waals surface area contributed by atoms with Gasteiger partial charge in [-0.1, -0.05) is 42.4 Å². The van der Waals surface area contributed by atoms with Crippen molar-refractivity contribution in [3.8, 4) is 5.75 Å². The molecule has 0 unspecified atom stereocenters. The highest BCUT2D eigenvalue weighted by Crippen LogP contribution is 2.36. The molecule has 3 nitrogen and oxygen atoms in total. The van der Waals surface area contributed by atoms with E-state index in [0.717, 1.165) is 17.4 Å². The number of para-hydroxylation sites is 1. The summed E-state index contributed by atoms with van der Waals surface area (Å²) < 4.78 is 11.4. The second-order valence-corrected chi connectivity index (χ2v) is 5.23. The molecule has 0 saturated carbocycles. The minimum Gasteiger partial charge on any atom is -0.485 e. The Bertz CT molecular complexity index is 760.